The van der Waals surface area contributed by atoms with Gasteiger partial charge in [-0.25, -0.2) is 9.67 Å². The van der Waals surface area contributed by atoms with E-state index in [1.54, 1.807) is 6.33 Å². The van der Waals surface area contributed by atoms with E-state index in [0.717, 1.165) is 25.3 Å². The smallest absolute Gasteiger partial charge is 0.138 e. The average Bonchev–Trinajstić information content (AvgIpc) is 2.73. The molecule has 0 saturated carbocycles. The summed E-state index contributed by atoms with van der Waals surface area (Å²) in [6.07, 6.45) is 4.54. The van der Waals surface area contributed by atoms with Gasteiger partial charge in [-0.15, -0.1) is 6.58 Å². The first-order valence-corrected chi connectivity index (χ1v) is 7.10. The molecule has 0 bridgehead atoms. The molecule has 0 aliphatic heterocycles. The van der Waals surface area contributed by atoms with Crippen molar-refractivity contribution in [2.45, 2.75) is 53.6 Å². The summed E-state index contributed by atoms with van der Waals surface area (Å²) in [4.78, 5) is 4.41. The van der Waals surface area contributed by atoms with Crippen LogP contribution in [0, 0.1) is 11.3 Å². The van der Waals surface area contributed by atoms with E-state index in [2.05, 4.69) is 56.6 Å². The summed E-state index contributed by atoms with van der Waals surface area (Å²) in [5, 5.41) is 7.80. The Kier molecular flexibility index (Phi) is 5.73. The van der Waals surface area contributed by atoms with Gasteiger partial charge in [0.15, 0.2) is 0 Å². The number of nitrogens with zero attached hydrogens (tertiary/aromatic N) is 3. The minimum atomic E-state index is 0.00598. The Hall–Kier alpha value is -1.16. The second kappa shape index (κ2) is 6.85. The second-order valence-corrected chi connectivity index (χ2v) is 6.32. The summed E-state index contributed by atoms with van der Waals surface area (Å²) in [6.45, 7) is 16.7. The Morgan fingerprint density at radius 1 is 1.42 bits per heavy atom. The number of nitrogens with one attached hydrogen (secondary N) is 1. The maximum Gasteiger partial charge on any atom is 0.138 e. The molecule has 0 saturated heterocycles. The molecule has 4 heteroatoms. The second-order valence-electron chi connectivity index (χ2n) is 6.32. The standard InChI is InChI=1S/C15H28N4/c1-7-15(6,10-16-13(4)5)8-14-17-11-18-19(14)9-12(2)3/h7,11-13,16H,1,8-10H2,2-6H3. The zero-order chi connectivity index (χ0) is 14.5. The van der Waals surface area contributed by atoms with Gasteiger partial charge in [-0.1, -0.05) is 40.7 Å². The van der Waals surface area contributed by atoms with Crippen LogP contribution in [0.4, 0.5) is 0 Å². The molecule has 1 N–H and O–H groups in total. The Labute approximate surface area is 117 Å². The molecule has 1 aromatic heterocycles. The van der Waals surface area contributed by atoms with Crippen LogP contribution in [0.1, 0.15) is 40.4 Å². The van der Waals surface area contributed by atoms with E-state index in [-0.39, 0.29) is 5.41 Å². The Balaban J connectivity index is 2.74. The molecule has 0 radical (unpaired) electrons. The highest BCUT2D eigenvalue weighted by atomic mass is 15.3. The van der Waals surface area contributed by atoms with Gasteiger partial charge in [-0.05, 0) is 5.92 Å². The lowest BCUT2D eigenvalue weighted by molar-refractivity contribution is 0.352. The average molecular weight is 264 g/mol. The van der Waals surface area contributed by atoms with Crippen molar-refractivity contribution in [3.8, 4) is 0 Å². The van der Waals surface area contributed by atoms with Gasteiger partial charge in [0, 0.05) is 31.0 Å². The first-order chi connectivity index (χ1) is 8.86. The Morgan fingerprint density at radius 3 is 2.63 bits per heavy atom. The van der Waals surface area contributed by atoms with Crippen LogP contribution in [0.2, 0.25) is 0 Å². The van der Waals surface area contributed by atoms with Crippen LogP contribution in [0.5, 0.6) is 0 Å². The first-order valence-electron chi connectivity index (χ1n) is 7.10. The highest BCUT2D eigenvalue weighted by Crippen LogP contribution is 2.22. The van der Waals surface area contributed by atoms with E-state index in [1.807, 2.05) is 10.8 Å². The van der Waals surface area contributed by atoms with E-state index in [4.69, 9.17) is 0 Å². The zero-order valence-electron chi connectivity index (χ0n) is 13.0. The normalized spacial score (nSPS) is 14.9. The van der Waals surface area contributed by atoms with E-state index >= 15 is 0 Å². The number of hydrogen-bond donors (Lipinski definition) is 1. The number of rotatable bonds is 8. The largest absolute Gasteiger partial charge is 0.314 e. The van der Waals surface area contributed by atoms with Gasteiger partial charge in [0.25, 0.3) is 0 Å². The molecule has 0 aromatic carbocycles. The molecule has 0 aliphatic rings. The summed E-state index contributed by atoms with van der Waals surface area (Å²) in [6, 6.07) is 0.479. The monoisotopic (exact) mass is 264 g/mol. The third-order valence-corrected chi connectivity index (χ3v) is 3.20. The van der Waals surface area contributed by atoms with E-state index in [9.17, 15) is 0 Å². The van der Waals surface area contributed by atoms with Gasteiger partial charge in [-0.2, -0.15) is 5.10 Å². The molecule has 1 heterocycles. The summed E-state index contributed by atoms with van der Waals surface area (Å²) < 4.78 is 2.02. The molecule has 1 atom stereocenters. The van der Waals surface area contributed by atoms with Crippen molar-refractivity contribution in [2.75, 3.05) is 6.54 Å². The SMILES string of the molecule is C=CC(C)(CNC(C)C)Cc1ncnn1CC(C)C. The predicted molar refractivity (Wildman–Crippen MR) is 80.0 cm³/mol. The van der Waals surface area contributed by atoms with Gasteiger partial charge < -0.3 is 5.32 Å². The van der Waals surface area contributed by atoms with Crippen LogP contribution < -0.4 is 5.32 Å². The maximum absolute atomic E-state index is 4.41. The van der Waals surface area contributed by atoms with Crippen LogP contribution in [-0.2, 0) is 13.0 Å². The van der Waals surface area contributed by atoms with Crippen molar-refractivity contribution >= 4 is 0 Å². The van der Waals surface area contributed by atoms with Crippen molar-refractivity contribution < 1.29 is 0 Å². The van der Waals surface area contributed by atoms with Crippen molar-refractivity contribution in [2.24, 2.45) is 11.3 Å². The predicted octanol–water partition coefficient (Wildman–Crippen LogP) is 2.67. The lowest BCUT2D eigenvalue weighted by Gasteiger charge is -2.27. The van der Waals surface area contributed by atoms with Crippen molar-refractivity contribution in [3.63, 3.8) is 0 Å². The quantitative estimate of drug-likeness (QED) is 0.734. The molecule has 1 unspecified atom stereocenters. The summed E-state index contributed by atoms with van der Waals surface area (Å²) >= 11 is 0. The van der Waals surface area contributed by atoms with Gasteiger partial charge in [0.2, 0.25) is 0 Å². The van der Waals surface area contributed by atoms with Gasteiger partial charge in [-0.3, -0.25) is 0 Å². The molecule has 19 heavy (non-hydrogen) atoms. The van der Waals surface area contributed by atoms with Gasteiger partial charge in [0.1, 0.15) is 12.2 Å². The molecular formula is C15H28N4. The minimum Gasteiger partial charge on any atom is -0.314 e. The van der Waals surface area contributed by atoms with Gasteiger partial charge in [0.05, 0.1) is 0 Å². The molecule has 4 nitrogen and oxygen atoms in total. The lowest BCUT2D eigenvalue weighted by atomic mass is 9.86. The molecular weight excluding hydrogens is 236 g/mol. The van der Waals surface area contributed by atoms with Crippen LogP contribution in [0.25, 0.3) is 0 Å². The highest BCUT2D eigenvalue weighted by Gasteiger charge is 2.24. The Morgan fingerprint density at radius 2 is 2.11 bits per heavy atom. The first kappa shape index (κ1) is 15.9. The summed E-state index contributed by atoms with van der Waals surface area (Å²) in [5.41, 5.74) is 0.00598. The fraction of sp³-hybridized carbons (Fsp3) is 0.733. The molecule has 0 spiro atoms. The molecule has 0 fully saturated rings. The van der Waals surface area contributed by atoms with Crippen molar-refractivity contribution in [3.05, 3.63) is 24.8 Å². The summed E-state index contributed by atoms with van der Waals surface area (Å²) in [7, 11) is 0. The Bertz CT molecular complexity index is 395. The molecule has 1 aromatic rings. The van der Waals surface area contributed by atoms with E-state index in [0.29, 0.717) is 12.0 Å². The summed E-state index contributed by atoms with van der Waals surface area (Å²) in [5.74, 6) is 1.62. The van der Waals surface area contributed by atoms with Crippen molar-refractivity contribution in [1.29, 1.82) is 0 Å². The molecule has 0 amide bonds. The highest BCUT2D eigenvalue weighted by molar-refractivity contribution is 5.02. The third-order valence-electron chi connectivity index (χ3n) is 3.20. The van der Waals surface area contributed by atoms with E-state index in [1.165, 1.54) is 0 Å². The van der Waals surface area contributed by atoms with Crippen LogP contribution in [0.15, 0.2) is 19.0 Å². The van der Waals surface area contributed by atoms with Crippen molar-refractivity contribution in [1.82, 2.24) is 20.1 Å². The topological polar surface area (TPSA) is 42.7 Å². The molecule has 1 rings (SSSR count). The molecule has 108 valence electrons. The fourth-order valence-corrected chi connectivity index (χ4v) is 1.93. The lowest BCUT2D eigenvalue weighted by Crippen LogP contribution is -2.36. The van der Waals surface area contributed by atoms with E-state index < -0.39 is 0 Å². The van der Waals surface area contributed by atoms with Crippen LogP contribution >= 0.6 is 0 Å². The third kappa shape index (κ3) is 5.15. The minimum absolute atomic E-state index is 0.00598. The zero-order valence-corrected chi connectivity index (χ0v) is 13.0. The molecule has 0 aliphatic carbocycles. The van der Waals surface area contributed by atoms with Crippen LogP contribution in [0.3, 0.4) is 0 Å². The van der Waals surface area contributed by atoms with Gasteiger partial charge >= 0.3 is 0 Å². The number of hydrogen-bond acceptors (Lipinski definition) is 3. The number of aromatic nitrogens is 3. The fourth-order valence-electron chi connectivity index (χ4n) is 1.93. The maximum atomic E-state index is 4.41. The van der Waals surface area contributed by atoms with Crippen LogP contribution in [-0.4, -0.2) is 27.4 Å².